The van der Waals surface area contributed by atoms with Gasteiger partial charge < -0.3 is 4.55 Å². The maximum absolute atomic E-state index is 12.3. The van der Waals surface area contributed by atoms with Crippen molar-refractivity contribution < 1.29 is 4.55 Å². The molecular weight excluding hydrogens is 266 g/mol. The van der Waals surface area contributed by atoms with Crippen LogP contribution in [0.1, 0.15) is 65.1 Å². The van der Waals surface area contributed by atoms with Crippen molar-refractivity contribution in [3.05, 3.63) is 35.4 Å². The van der Waals surface area contributed by atoms with Crippen LogP contribution in [0, 0.1) is 5.92 Å². The molecule has 0 aliphatic rings. The van der Waals surface area contributed by atoms with Gasteiger partial charge in [0.1, 0.15) is 4.75 Å². The van der Waals surface area contributed by atoms with Crippen LogP contribution in [-0.2, 0) is 17.8 Å². The molecule has 0 saturated heterocycles. The smallest absolute Gasteiger partial charge is 0.139 e. The number of benzene rings is 1. The van der Waals surface area contributed by atoms with Gasteiger partial charge in [-0.25, -0.2) is 0 Å². The molecule has 0 aliphatic carbocycles. The SMILES string of the molecule is CCC(C)(C)[S@+]([O-])N[C@@H](C)c1ccc(CC(C)C)cc1. The third-order valence-electron chi connectivity index (χ3n) is 3.76. The summed E-state index contributed by atoms with van der Waals surface area (Å²) in [5, 5.41) is 0. The van der Waals surface area contributed by atoms with Crippen molar-refractivity contribution in [1.29, 1.82) is 0 Å². The summed E-state index contributed by atoms with van der Waals surface area (Å²) in [4.78, 5) is 0. The normalized spacial score (nSPS) is 15.4. The van der Waals surface area contributed by atoms with Crippen molar-refractivity contribution in [1.82, 2.24) is 4.72 Å². The van der Waals surface area contributed by atoms with Crippen molar-refractivity contribution in [2.75, 3.05) is 0 Å². The maximum Gasteiger partial charge on any atom is 0.139 e. The second-order valence-electron chi connectivity index (χ2n) is 6.56. The Morgan fingerprint density at radius 1 is 1.15 bits per heavy atom. The molecule has 0 heterocycles. The lowest BCUT2D eigenvalue weighted by Crippen LogP contribution is -2.42. The van der Waals surface area contributed by atoms with E-state index in [-0.39, 0.29) is 10.8 Å². The highest BCUT2D eigenvalue weighted by molar-refractivity contribution is 7.90. The number of hydrogen-bond acceptors (Lipinski definition) is 2. The van der Waals surface area contributed by atoms with Gasteiger partial charge in [0.2, 0.25) is 0 Å². The summed E-state index contributed by atoms with van der Waals surface area (Å²) < 4.78 is 15.3. The Hall–Kier alpha value is -0.510. The summed E-state index contributed by atoms with van der Waals surface area (Å²) in [7, 11) is 0. The molecule has 0 saturated carbocycles. The minimum Gasteiger partial charge on any atom is -0.598 e. The Balaban J connectivity index is 2.66. The van der Waals surface area contributed by atoms with Crippen molar-refractivity contribution in [3.8, 4) is 0 Å². The summed E-state index contributed by atoms with van der Waals surface area (Å²) >= 11 is -1.03. The highest BCUT2D eigenvalue weighted by Gasteiger charge is 2.31. The first kappa shape index (κ1) is 17.5. The van der Waals surface area contributed by atoms with Gasteiger partial charge in [-0.05, 0) is 50.7 Å². The minimum absolute atomic E-state index is 0.106. The highest BCUT2D eigenvalue weighted by Crippen LogP contribution is 2.23. The molecule has 1 N–H and O–H groups in total. The first-order valence-corrected chi connectivity index (χ1v) is 8.68. The largest absolute Gasteiger partial charge is 0.598 e. The molecule has 1 rings (SSSR count). The predicted octanol–water partition coefficient (Wildman–Crippen LogP) is 4.39. The lowest BCUT2D eigenvalue weighted by molar-refractivity contribution is 0.512. The summed E-state index contributed by atoms with van der Waals surface area (Å²) in [6.07, 6.45) is 2.00. The average Bonchev–Trinajstić information content (AvgIpc) is 2.38. The quantitative estimate of drug-likeness (QED) is 0.757. The molecule has 1 aromatic carbocycles. The van der Waals surface area contributed by atoms with Crippen LogP contribution in [0.3, 0.4) is 0 Å². The molecule has 0 aromatic heterocycles. The van der Waals surface area contributed by atoms with Gasteiger partial charge in [-0.15, -0.1) is 4.72 Å². The van der Waals surface area contributed by atoms with E-state index in [1.54, 1.807) is 0 Å². The third-order valence-corrected chi connectivity index (χ3v) is 5.62. The average molecular weight is 295 g/mol. The molecule has 0 amide bonds. The van der Waals surface area contributed by atoms with Gasteiger partial charge in [0.25, 0.3) is 0 Å². The molecule has 2 nitrogen and oxygen atoms in total. The summed E-state index contributed by atoms with van der Waals surface area (Å²) in [6, 6.07) is 8.76. The molecule has 0 radical (unpaired) electrons. The molecule has 114 valence electrons. The van der Waals surface area contributed by atoms with Crippen LogP contribution in [-0.4, -0.2) is 9.30 Å². The number of rotatable bonds is 7. The lowest BCUT2D eigenvalue weighted by atomic mass is 10.0. The first-order chi connectivity index (χ1) is 9.26. The first-order valence-electron chi connectivity index (χ1n) is 7.53. The van der Waals surface area contributed by atoms with Crippen LogP contribution >= 0.6 is 0 Å². The van der Waals surface area contributed by atoms with Crippen molar-refractivity contribution in [2.45, 2.75) is 65.2 Å². The van der Waals surface area contributed by atoms with Gasteiger partial charge in [0, 0.05) is 11.4 Å². The second-order valence-corrected chi connectivity index (χ2v) is 8.44. The fourth-order valence-corrected chi connectivity index (χ4v) is 2.97. The number of hydrogen-bond donors (Lipinski definition) is 1. The van der Waals surface area contributed by atoms with E-state index in [9.17, 15) is 4.55 Å². The standard InChI is InChI=1S/C17H29NOS/c1-7-17(5,6)20(19)18-14(4)16-10-8-15(9-11-16)12-13(2)3/h8-11,13-14,18H,7,12H2,1-6H3/t14-,20-/m0/s1. The van der Waals surface area contributed by atoms with Gasteiger partial charge in [-0.3, -0.25) is 0 Å². The van der Waals surface area contributed by atoms with Gasteiger partial charge in [0.05, 0.1) is 6.04 Å². The fourth-order valence-electron chi connectivity index (χ4n) is 1.93. The predicted molar refractivity (Wildman–Crippen MR) is 89.0 cm³/mol. The van der Waals surface area contributed by atoms with Crippen LogP contribution in [0.4, 0.5) is 0 Å². The minimum atomic E-state index is -1.03. The van der Waals surface area contributed by atoms with E-state index in [4.69, 9.17) is 0 Å². The Morgan fingerprint density at radius 3 is 2.15 bits per heavy atom. The molecule has 1 aromatic rings. The van der Waals surface area contributed by atoms with Crippen LogP contribution in [0.15, 0.2) is 24.3 Å². The Morgan fingerprint density at radius 2 is 1.70 bits per heavy atom. The molecular formula is C17H29NOS. The van der Waals surface area contributed by atoms with E-state index in [2.05, 4.69) is 56.7 Å². The van der Waals surface area contributed by atoms with E-state index >= 15 is 0 Å². The van der Waals surface area contributed by atoms with Crippen LogP contribution in [0.2, 0.25) is 0 Å². The van der Waals surface area contributed by atoms with E-state index in [0.717, 1.165) is 12.8 Å². The zero-order chi connectivity index (χ0) is 15.3. The monoisotopic (exact) mass is 295 g/mol. The van der Waals surface area contributed by atoms with Gasteiger partial charge in [-0.1, -0.05) is 45.0 Å². The maximum atomic E-state index is 12.3. The van der Waals surface area contributed by atoms with Crippen LogP contribution < -0.4 is 4.72 Å². The molecule has 20 heavy (non-hydrogen) atoms. The van der Waals surface area contributed by atoms with Gasteiger partial charge in [0.15, 0.2) is 0 Å². The van der Waals surface area contributed by atoms with E-state index in [1.165, 1.54) is 11.1 Å². The molecule has 0 fully saturated rings. The summed E-state index contributed by atoms with van der Waals surface area (Å²) in [6.45, 7) is 12.7. The molecule has 0 spiro atoms. The van der Waals surface area contributed by atoms with Crippen molar-refractivity contribution in [2.24, 2.45) is 5.92 Å². The molecule has 3 heteroatoms. The number of nitrogens with one attached hydrogen (secondary N) is 1. The molecule has 2 atom stereocenters. The topological polar surface area (TPSA) is 35.1 Å². The van der Waals surface area contributed by atoms with Crippen LogP contribution in [0.5, 0.6) is 0 Å². The van der Waals surface area contributed by atoms with E-state index in [0.29, 0.717) is 5.92 Å². The molecule has 0 unspecified atom stereocenters. The Bertz CT molecular complexity index is 400. The molecule has 0 aliphatic heterocycles. The fraction of sp³-hybridized carbons (Fsp3) is 0.647. The zero-order valence-corrected chi connectivity index (χ0v) is 14.5. The van der Waals surface area contributed by atoms with Crippen molar-refractivity contribution >= 4 is 11.4 Å². The summed E-state index contributed by atoms with van der Waals surface area (Å²) in [5.74, 6) is 0.675. The lowest BCUT2D eigenvalue weighted by Gasteiger charge is -2.29. The van der Waals surface area contributed by atoms with E-state index in [1.807, 2.05) is 13.8 Å². The molecule has 0 bridgehead atoms. The van der Waals surface area contributed by atoms with Gasteiger partial charge >= 0.3 is 0 Å². The van der Waals surface area contributed by atoms with Gasteiger partial charge in [-0.2, -0.15) is 0 Å². The Kier molecular flexibility index (Phi) is 6.56. The van der Waals surface area contributed by atoms with Crippen molar-refractivity contribution in [3.63, 3.8) is 0 Å². The third kappa shape index (κ3) is 5.12. The zero-order valence-electron chi connectivity index (χ0n) is 13.7. The summed E-state index contributed by atoms with van der Waals surface area (Å²) in [5.41, 5.74) is 2.56. The second kappa shape index (κ2) is 7.48. The van der Waals surface area contributed by atoms with Crippen LogP contribution in [0.25, 0.3) is 0 Å². The Labute approximate surface area is 127 Å². The van der Waals surface area contributed by atoms with E-state index < -0.39 is 11.4 Å². The highest BCUT2D eigenvalue weighted by atomic mass is 32.2.